The highest BCUT2D eigenvalue weighted by molar-refractivity contribution is 6.12. The largest absolute Gasteiger partial charge is 0.309 e. The second-order valence-electron chi connectivity index (χ2n) is 13.3. The van der Waals surface area contributed by atoms with Crippen molar-refractivity contribution in [1.82, 2.24) is 14.5 Å². The number of allylic oxidation sites excluding steroid dienone is 4. The molecule has 0 saturated heterocycles. The lowest BCUT2D eigenvalue weighted by Crippen LogP contribution is -2.38. The minimum Gasteiger partial charge on any atom is -0.309 e. The van der Waals surface area contributed by atoms with Crippen molar-refractivity contribution >= 4 is 32.7 Å². The molecule has 224 valence electrons. The predicted octanol–water partition coefficient (Wildman–Crippen LogP) is 10.5. The highest BCUT2D eigenvalue weighted by Gasteiger charge is 2.56. The fourth-order valence-electron chi connectivity index (χ4n) is 9.23. The zero-order chi connectivity index (χ0) is 31.4. The van der Waals surface area contributed by atoms with Crippen molar-refractivity contribution in [2.75, 3.05) is 0 Å². The van der Waals surface area contributed by atoms with E-state index in [9.17, 15) is 0 Å². The molecule has 3 aliphatic rings. The summed E-state index contributed by atoms with van der Waals surface area (Å²) in [6.07, 6.45) is 9.34. The van der Waals surface area contributed by atoms with Crippen LogP contribution < -0.4 is 0 Å². The summed E-state index contributed by atoms with van der Waals surface area (Å²) in [6.45, 7) is 0. The smallest absolute Gasteiger partial charge is 0.160 e. The maximum Gasteiger partial charge on any atom is 0.160 e. The van der Waals surface area contributed by atoms with Gasteiger partial charge in [-0.25, -0.2) is 9.97 Å². The molecule has 3 atom stereocenters. The molecule has 11 rings (SSSR count). The third-order valence-electron chi connectivity index (χ3n) is 11.1. The first-order valence-corrected chi connectivity index (χ1v) is 16.8. The number of fused-ring (bicyclic) bond motifs is 13. The molecule has 0 saturated carbocycles. The molecule has 1 spiro atoms. The Morgan fingerprint density at radius 2 is 1.29 bits per heavy atom. The van der Waals surface area contributed by atoms with Crippen LogP contribution in [-0.2, 0) is 5.41 Å². The van der Waals surface area contributed by atoms with Crippen LogP contribution in [0.2, 0.25) is 0 Å². The van der Waals surface area contributed by atoms with Crippen LogP contribution >= 0.6 is 0 Å². The summed E-state index contributed by atoms with van der Waals surface area (Å²) in [7, 11) is 0. The number of nitrogens with zero attached hydrogens (tertiary/aromatic N) is 3. The van der Waals surface area contributed by atoms with Crippen molar-refractivity contribution in [2.45, 2.75) is 11.3 Å². The molecule has 0 amide bonds. The fraction of sp³-hybridized carbons (Fsp3) is 0.0667. The van der Waals surface area contributed by atoms with Gasteiger partial charge in [0, 0.05) is 39.1 Å². The summed E-state index contributed by atoms with van der Waals surface area (Å²) in [6, 6.07) is 50.8. The summed E-state index contributed by atoms with van der Waals surface area (Å²) in [5.41, 5.74) is 12.9. The number of hydrogen-bond acceptors (Lipinski definition) is 2. The van der Waals surface area contributed by atoms with E-state index in [1.807, 2.05) is 0 Å². The highest BCUT2D eigenvalue weighted by atomic mass is 15.0. The zero-order valence-corrected chi connectivity index (χ0v) is 26.1. The lowest BCUT2D eigenvalue weighted by Gasteiger charge is -2.43. The van der Waals surface area contributed by atoms with Crippen molar-refractivity contribution in [3.63, 3.8) is 0 Å². The number of hydrogen-bond donors (Lipinski definition) is 0. The molecule has 6 aromatic carbocycles. The Kier molecular flexibility index (Phi) is 5.15. The highest BCUT2D eigenvalue weighted by Crippen LogP contribution is 2.63. The van der Waals surface area contributed by atoms with Gasteiger partial charge in [0.15, 0.2) is 5.82 Å². The summed E-state index contributed by atoms with van der Waals surface area (Å²) < 4.78 is 2.51. The first kappa shape index (κ1) is 26.1. The van der Waals surface area contributed by atoms with Gasteiger partial charge in [0.1, 0.15) is 0 Å². The van der Waals surface area contributed by atoms with Gasteiger partial charge in [0.25, 0.3) is 0 Å². The molecule has 2 aliphatic carbocycles. The van der Waals surface area contributed by atoms with Crippen LogP contribution in [0.15, 0.2) is 164 Å². The summed E-state index contributed by atoms with van der Waals surface area (Å²) in [5, 5.41) is 3.65. The molecule has 3 nitrogen and oxygen atoms in total. The van der Waals surface area contributed by atoms with Gasteiger partial charge in [-0.05, 0) is 52.6 Å². The zero-order valence-electron chi connectivity index (χ0n) is 26.1. The Hall–Kier alpha value is -6.06. The van der Waals surface area contributed by atoms with Crippen LogP contribution in [0.3, 0.4) is 0 Å². The first-order chi connectivity index (χ1) is 23.8. The maximum absolute atomic E-state index is 5.31. The lowest BCUT2D eigenvalue weighted by molar-refractivity contribution is 0.454. The standard InChI is InChI=1S/C45H29N3/c1-2-13-28(14-3-1)42-34-18-6-10-23-39(34)46-44(47-42)29-25-26-41-38(27-29)45(35-20-8-4-15-30(35)31-16-5-9-21-36(31)45)37-22-12-19-33-32-17-7-11-24-40(32)48(41)43(33)37/h1-27,30,35H. The Bertz CT molecular complexity index is 2700. The summed E-state index contributed by atoms with van der Waals surface area (Å²) in [5.74, 6) is 1.26. The summed E-state index contributed by atoms with van der Waals surface area (Å²) >= 11 is 0. The van der Waals surface area contributed by atoms with E-state index in [1.54, 1.807) is 0 Å². The van der Waals surface area contributed by atoms with E-state index >= 15 is 0 Å². The Morgan fingerprint density at radius 1 is 0.542 bits per heavy atom. The van der Waals surface area contributed by atoms with Gasteiger partial charge in [-0.1, -0.05) is 133 Å². The molecular formula is C45H29N3. The quantitative estimate of drug-likeness (QED) is 0.195. The average molecular weight is 612 g/mol. The molecule has 2 aromatic heterocycles. The van der Waals surface area contributed by atoms with E-state index in [2.05, 4.69) is 168 Å². The minimum atomic E-state index is -0.392. The van der Waals surface area contributed by atoms with Crippen LogP contribution in [0.25, 0.3) is 61.0 Å². The first-order valence-electron chi connectivity index (χ1n) is 16.8. The number of aromatic nitrogens is 3. The van der Waals surface area contributed by atoms with Gasteiger partial charge < -0.3 is 4.57 Å². The Labute approximate surface area is 278 Å². The van der Waals surface area contributed by atoms with Crippen molar-refractivity contribution in [3.05, 3.63) is 186 Å². The van der Waals surface area contributed by atoms with Gasteiger partial charge in [0.2, 0.25) is 0 Å². The van der Waals surface area contributed by atoms with Crippen LogP contribution in [0.5, 0.6) is 0 Å². The molecule has 3 heteroatoms. The Balaban J connectivity index is 1.27. The van der Waals surface area contributed by atoms with Crippen molar-refractivity contribution < 1.29 is 0 Å². The topological polar surface area (TPSA) is 30.7 Å². The minimum absolute atomic E-state index is 0.226. The molecule has 1 aliphatic heterocycles. The van der Waals surface area contributed by atoms with E-state index < -0.39 is 5.41 Å². The van der Waals surface area contributed by atoms with Gasteiger partial charge >= 0.3 is 0 Å². The Morgan fingerprint density at radius 3 is 2.23 bits per heavy atom. The molecule has 8 aromatic rings. The van der Waals surface area contributed by atoms with Gasteiger partial charge in [0.05, 0.1) is 33.3 Å². The molecule has 3 unspecified atom stereocenters. The van der Waals surface area contributed by atoms with Crippen molar-refractivity contribution in [3.8, 4) is 28.3 Å². The number of benzene rings is 6. The van der Waals surface area contributed by atoms with Crippen molar-refractivity contribution in [1.29, 1.82) is 0 Å². The van der Waals surface area contributed by atoms with Gasteiger partial charge in [-0.3, -0.25) is 0 Å². The lowest BCUT2D eigenvalue weighted by atomic mass is 9.61. The molecule has 3 heterocycles. The molecule has 48 heavy (non-hydrogen) atoms. The second kappa shape index (κ2) is 9.49. The predicted molar refractivity (Wildman–Crippen MR) is 196 cm³/mol. The van der Waals surface area contributed by atoms with E-state index in [0.717, 1.165) is 33.5 Å². The van der Waals surface area contributed by atoms with E-state index in [-0.39, 0.29) is 11.8 Å². The SMILES string of the molecule is C1=CC2c3ccccc3C3(c4cc(-c5nc(-c6ccccc6)c6ccccc6n5)ccc4-n4c5ccccc5c5cccc3c54)C2C=C1. The molecular weight excluding hydrogens is 583 g/mol. The monoisotopic (exact) mass is 611 g/mol. The third-order valence-corrected chi connectivity index (χ3v) is 11.1. The maximum atomic E-state index is 5.31. The van der Waals surface area contributed by atoms with Crippen LogP contribution in [0, 0.1) is 5.92 Å². The van der Waals surface area contributed by atoms with Crippen LogP contribution in [0.4, 0.5) is 0 Å². The molecule has 0 fully saturated rings. The third kappa shape index (κ3) is 3.23. The second-order valence-corrected chi connectivity index (χ2v) is 13.3. The van der Waals surface area contributed by atoms with Gasteiger partial charge in [-0.2, -0.15) is 0 Å². The molecule has 0 N–H and O–H groups in total. The van der Waals surface area contributed by atoms with Gasteiger partial charge in [-0.15, -0.1) is 0 Å². The number of rotatable bonds is 2. The van der Waals surface area contributed by atoms with Crippen LogP contribution in [-0.4, -0.2) is 14.5 Å². The van der Waals surface area contributed by atoms with Crippen LogP contribution in [0.1, 0.15) is 28.2 Å². The normalized spacial score (nSPS) is 20.0. The van der Waals surface area contributed by atoms with E-state index in [1.165, 1.54) is 49.7 Å². The van der Waals surface area contributed by atoms with E-state index in [4.69, 9.17) is 9.97 Å². The van der Waals surface area contributed by atoms with Crippen molar-refractivity contribution in [2.24, 2.45) is 5.92 Å². The van der Waals surface area contributed by atoms with E-state index in [0.29, 0.717) is 0 Å². The number of para-hydroxylation sites is 3. The average Bonchev–Trinajstić information content (AvgIpc) is 3.65. The summed E-state index contributed by atoms with van der Waals surface area (Å²) in [4.78, 5) is 10.5. The molecule has 0 radical (unpaired) electrons. The molecule has 0 bridgehead atoms. The fourth-order valence-corrected chi connectivity index (χ4v) is 9.23.